The first kappa shape index (κ1) is 24.6. The number of pyridine rings is 1. The number of rotatable bonds is 17. The van der Waals surface area contributed by atoms with E-state index < -0.39 is 0 Å². The topological polar surface area (TPSA) is 3.88 Å². The molecule has 0 aliphatic heterocycles. The maximum Gasteiger partial charge on any atom is 0.190 e. The molecule has 0 fully saturated rings. The average Bonchev–Trinajstić information content (AvgIpc) is 2.80. The molecule has 2 rings (SSSR count). The lowest BCUT2D eigenvalue weighted by Gasteiger charge is -2.25. The van der Waals surface area contributed by atoms with Crippen LogP contribution in [-0.4, -0.2) is 0 Å². The second-order valence-corrected chi connectivity index (χ2v) is 9.27. The molecule has 166 valence electrons. The van der Waals surface area contributed by atoms with E-state index in [4.69, 9.17) is 0 Å². The Labute approximate surface area is 186 Å². The number of unbranched alkanes of at least 4 members (excludes halogenated alkanes) is 13. The third-order valence-electron chi connectivity index (χ3n) is 6.70. The number of nitrogens with zero attached hydrogens (tertiary/aromatic N) is 1. The van der Waals surface area contributed by atoms with Crippen LogP contribution >= 0.6 is 0 Å². The van der Waals surface area contributed by atoms with Gasteiger partial charge in [-0.2, -0.15) is 4.57 Å². The van der Waals surface area contributed by atoms with Crippen molar-refractivity contribution in [3.8, 4) is 0 Å². The van der Waals surface area contributed by atoms with Gasteiger partial charge in [-0.25, -0.2) is 0 Å². The highest BCUT2D eigenvalue weighted by Gasteiger charge is 2.35. The van der Waals surface area contributed by atoms with Crippen molar-refractivity contribution in [2.45, 2.75) is 116 Å². The second kappa shape index (κ2) is 15.2. The molecule has 1 aromatic carbocycles. The van der Waals surface area contributed by atoms with Gasteiger partial charge in [0.2, 0.25) is 0 Å². The molecule has 2 aromatic rings. The van der Waals surface area contributed by atoms with E-state index >= 15 is 0 Å². The summed E-state index contributed by atoms with van der Waals surface area (Å²) in [7, 11) is 0. The molecule has 0 N–H and O–H groups in total. The molecule has 30 heavy (non-hydrogen) atoms. The SMILES string of the molecule is CCCCCCCCCCCCCCCCC(C)(c1ccccc1)[n+]1ccccc1. The number of hydrogen-bond acceptors (Lipinski definition) is 0. The zero-order valence-corrected chi connectivity index (χ0v) is 19.8. The zero-order chi connectivity index (χ0) is 21.3. The van der Waals surface area contributed by atoms with Crippen LogP contribution in [0.25, 0.3) is 0 Å². The molecule has 0 bridgehead atoms. The van der Waals surface area contributed by atoms with Crippen LogP contribution < -0.4 is 4.57 Å². The minimum absolute atomic E-state index is 0.0413. The molecule has 0 amide bonds. The van der Waals surface area contributed by atoms with Crippen LogP contribution in [0.2, 0.25) is 0 Å². The van der Waals surface area contributed by atoms with Crippen LogP contribution in [-0.2, 0) is 5.54 Å². The van der Waals surface area contributed by atoms with Crippen molar-refractivity contribution >= 4 is 0 Å². The summed E-state index contributed by atoms with van der Waals surface area (Å²) in [5.41, 5.74) is 1.45. The molecular weight excluding hydrogens is 362 g/mol. The smallest absolute Gasteiger partial charge is 0.190 e. The van der Waals surface area contributed by atoms with Gasteiger partial charge in [-0.1, -0.05) is 127 Å². The van der Waals surface area contributed by atoms with Crippen LogP contribution in [0.1, 0.15) is 116 Å². The molecule has 0 aliphatic carbocycles. The summed E-state index contributed by atoms with van der Waals surface area (Å²) in [5.74, 6) is 0. The van der Waals surface area contributed by atoms with Crippen LogP contribution in [0.15, 0.2) is 60.9 Å². The van der Waals surface area contributed by atoms with Crippen molar-refractivity contribution in [1.82, 2.24) is 0 Å². The Bertz CT molecular complexity index is 594. The van der Waals surface area contributed by atoms with E-state index in [1.54, 1.807) is 0 Å². The fraction of sp³-hybridized carbons (Fsp3) is 0.621. The molecule has 0 saturated carbocycles. The molecule has 1 unspecified atom stereocenters. The molecule has 0 spiro atoms. The summed E-state index contributed by atoms with van der Waals surface area (Å²) in [6.07, 6.45) is 25.5. The normalized spacial score (nSPS) is 13.3. The maximum absolute atomic E-state index is 2.39. The Morgan fingerprint density at radius 3 is 1.50 bits per heavy atom. The van der Waals surface area contributed by atoms with Crippen molar-refractivity contribution in [3.63, 3.8) is 0 Å². The fourth-order valence-corrected chi connectivity index (χ4v) is 4.61. The highest BCUT2D eigenvalue weighted by Crippen LogP contribution is 2.27. The van der Waals surface area contributed by atoms with Gasteiger partial charge in [0.1, 0.15) is 0 Å². The first-order valence-corrected chi connectivity index (χ1v) is 12.8. The van der Waals surface area contributed by atoms with Gasteiger partial charge in [0, 0.05) is 31.0 Å². The molecule has 0 aliphatic rings. The van der Waals surface area contributed by atoms with Crippen molar-refractivity contribution < 1.29 is 4.57 Å². The van der Waals surface area contributed by atoms with Crippen LogP contribution in [0.3, 0.4) is 0 Å². The standard InChI is InChI=1S/C29H46N/c1-3-4-5-6-7-8-9-10-11-12-13-14-15-20-25-29(2,28-23-18-16-19-24-28)30-26-21-17-22-27-30/h16-19,21-24,26-27H,3-15,20,25H2,1-2H3/q+1. The van der Waals surface area contributed by atoms with E-state index in [-0.39, 0.29) is 5.54 Å². The van der Waals surface area contributed by atoms with E-state index in [0.717, 1.165) is 0 Å². The van der Waals surface area contributed by atoms with Crippen molar-refractivity contribution in [2.75, 3.05) is 0 Å². The summed E-state index contributed by atoms with van der Waals surface area (Å²) in [4.78, 5) is 0. The minimum atomic E-state index is 0.0413. The van der Waals surface area contributed by atoms with Gasteiger partial charge in [-0.05, 0) is 6.42 Å². The Morgan fingerprint density at radius 2 is 1.00 bits per heavy atom. The second-order valence-electron chi connectivity index (χ2n) is 9.27. The first-order chi connectivity index (χ1) is 14.8. The molecule has 1 heterocycles. The summed E-state index contributed by atoms with van der Waals surface area (Å²) in [6.45, 7) is 4.69. The Kier molecular flexibility index (Phi) is 12.5. The lowest BCUT2D eigenvalue weighted by Crippen LogP contribution is -2.54. The molecule has 1 nitrogen and oxygen atoms in total. The minimum Gasteiger partial charge on any atom is -0.196 e. The van der Waals surface area contributed by atoms with Crippen molar-refractivity contribution in [1.29, 1.82) is 0 Å². The molecule has 0 saturated heterocycles. The van der Waals surface area contributed by atoms with Gasteiger partial charge in [0.15, 0.2) is 17.9 Å². The predicted octanol–water partition coefficient (Wildman–Crippen LogP) is 8.61. The maximum atomic E-state index is 2.39. The lowest BCUT2D eigenvalue weighted by molar-refractivity contribution is -0.752. The van der Waals surface area contributed by atoms with Crippen molar-refractivity contribution in [3.05, 3.63) is 66.5 Å². The van der Waals surface area contributed by atoms with Crippen molar-refractivity contribution in [2.24, 2.45) is 0 Å². The van der Waals surface area contributed by atoms with Crippen LogP contribution in [0, 0.1) is 0 Å². The highest BCUT2D eigenvalue weighted by molar-refractivity contribution is 5.21. The predicted molar refractivity (Wildman–Crippen MR) is 131 cm³/mol. The quantitative estimate of drug-likeness (QED) is 0.182. The summed E-state index contributed by atoms with van der Waals surface area (Å²) >= 11 is 0. The van der Waals surface area contributed by atoms with E-state index in [2.05, 4.69) is 79.3 Å². The van der Waals surface area contributed by atoms with E-state index in [1.165, 1.54) is 102 Å². The van der Waals surface area contributed by atoms with Crippen LogP contribution in [0.4, 0.5) is 0 Å². The monoisotopic (exact) mass is 408 g/mol. The molecular formula is C29H46N+. The highest BCUT2D eigenvalue weighted by atomic mass is 15.0. The van der Waals surface area contributed by atoms with Gasteiger partial charge >= 0.3 is 0 Å². The fourth-order valence-electron chi connectivity index (χ4n) is 4.61. The number of aromatic nitrogens is 1. The van der Waals surface area contributed by atoms with Gasteiger partial charge in [0.05, 0.1) is 0 Å². The molecule has 0 radical (unpaired) electrons. The summed E-state index contributed by atoms with van der Waals surface area (Å²) in [5, 5.41) is 0. The Morgan fingerprint density at radius 1 is 0.567 bits per heavy atom. The molecule has 1 aromatic heterocycles. The van der Waals surface area contributed by atoms with E-state index in [9.17, 15) is 0 Å². The summed E-state index contributed by atoms with van der Waals surface area (Å²) in [6, 6.07) is 17.4. The van der Waals surface area contributed by atoms with Gasteiger partial charge in [-0.15, -0.1) is 0 Å². The first-order valence-electron chi connectivity index (χ1n) is 12.8. The number of benzene rings is 1. The van der Waals surface area contributed by atoms with E-state index in [1.807, 2.05) is 0 Å². The van der Waals surface area contributed by atoms with Crippen LogP contribution in [0.5, 0.6) is 0 Å². The third-order valence-corrected chi connectivity index (χ3v) is 6.70. The Hall–Kier alpha value is -1.63. The lowest BCUT2D eigenvalue weighted by atomic mass is 9.86. The molecule has 1 atom stereocenters. The zero-order valence-electron chi connectivity index (χ0n) is 19.8. The summed E-state index contributed by atoms with van der Waals surface area (Å²) < 4.78 is 2.39. The van der Waals surface area contributed by atoms with Gasteiger partial charge in [-0.3, -0.25) is 0 Å². The molecule has 1 heteroatoms. The van der Waals surface area contributed by atoms with Gasteiger partial charge in [0.25, 0.3) is 0 Å². The largest absolute Gasteiger partial charge is 0.196 e. The van der Waals surface area contributed by atoms with E-state index in [0.29, 0.717) is 0 Å². The number of hydrogen-bond donors (Lipinski definition) is 0. The third kappa shape index (κ3) is 9.02. The van der Waals surface area contributed by atoms with Gasteiger partial charge < -0.3 is 0 Å². The average molecular weight is 409 g/mol. The Balaban J connectivity index is 1.59.